The molecular weight excluding hydrogens is 286 g/mol. The SMILES string of the molecule is C#CCn1c(=NC(=O)c2cc(C)no2)sc2ccccc21. The van der Waals surface area contributed by atoms with Gasteiger partial charge in [0.15, 0.2) is 4.80 Å². The molecule has 0 saturated carbocycles. The average Bonchev–Trinajstić information content (AvgIpc) is 3.04. The zero-order valence-electron chi connectivity index (χ0n) is 11.2. The number of benzene rings is 1. The predicted molar refractivity (Wildman–Crippen MR) is 79.8 cm³/mol. The second-order valence-electron chi connectivity index (χ2n) is 4.39. The molecule has 0 aliphatic carbocycles. The van der Waals surface area contributed by atoms with E-state index in [0.29, 0.717) is 17.0 Å². The van der Waals surface area contributed by atoms with Crippen molar-refractivity contribution in [3.63, 3.8) is 0 Å². The highest BCUT2D eigenvalue weighted by molar-refractivity contribution is 7.16. The Morgan fingerprint density at radius 2 is 2.33 bits per heavy atom. The largest absolute Gasteiger partial charge is 0.351 e. The molecule has 0 aliphatic heterocycles. The van der Waals surface area contributed by atoms with E-state index in [1.807, 2.05) is 28.8 Å². The maximum absolute atomic E-state index is 12.1. The van der Waals surface area contributed by atoms with Gasteiger partial charge in [-0.05, 0) is 19.1 Å². The Morgan fingerprint density at radius 3 is 3.05 bits per heavy atom. The summed E-state index contributed by atoms with van der Waals surface area (Å²) in [6.07, 6.45) is 5.40. The lowest BCUT2D eigenvalue weighted by molar-refractivity contribution is 0.0962. The lowest BCUT2D eigenvalue weighted by atomic mass is 10.3. The molecule has 1 aromatic carbocycles. The first-order valence-corrected chi connectivity index (χ1v) is 7.05. The number of thiazole rings is 1. The second-order valence-corrected chi connectivity index (χ2v) is 5.40. The molecule has 0 N–H and O–H groups in total. The van der Waals surface area contributed by atoms with E-state index in [1.54, 1.807) is 13.0 Å². The summed E-state index contributed by atoms with van der Waals surface area (Å²) in [7, 11) is 0. The van der Waals surface area contributed by atoms with E-state index in [4.69, 9.17) is 10.9 Å². The highest BCUT2D eigenvalue weighted by Crippen LogP contribution is 2.16. The van der Waals surface area contributed by atoms with Crippen molar-refractivity contribution in [2.45, 2.75) is 13.5 Å². The van der Waals surface area contributed by atoms with Crippen molar-refractivity contribution < 1.29 is 9.32 Å². The number of fused-ring (bicyclic) bond motifs is 1. The zero-order chi connectivity index (χ0) is 14.8. The minimum atomic E-state index is -0.465. The van der Waals surface area contributed by atoms with Crippen LogP contribution in [-0.2, 0) is 6.54 Å². The van der Waals surface area contributed by atoms with Crippen LogP contribution in [0, 0.1) is 19.3 Å². The minimum absolute atomic E-state index is 0.122. The molecule has 1 amide bonds. The molecule has 0 fully saturated rings. The normalized spacial score (nSPS) is 11.7. The van der Waals surface area contributed by atoms with E-state index in [1.165, 1.54) is 11.3 Å². The number of para-hydroxylation sites is 1. The van der Waals surface area contributed by atoms with Crippen molar-refractivity contribution in [1.82, 2.24) is 9.72 Å². The molecule has 6 heteroatoms. The van der Waals surface area contributed by atoms with E-state index < -0.39 is 5.91 Å². The van der Waals surface area contributed by atoms with Gasteiger partial charge in [-0.2, -0.15) is 4.99 Å². The van der Waals surface area contributed by atoms with Gasteiger partial charge in [0.25, 0.3) is 0 Å². The predicted octanol–water partition coefficient (Wildman–Crippen LogP) is 2.37. The Bertz CT molecular complexity index is 924. The van der Waals surface area contributed by atoms with Gasteiger partial charge in [0.1, 0.15) is 0 Å². The van der Waals surface area contributed by atoms with Gasteiger partial charge in [-0.3, -0.25) is 4.79 Å². The number of hydrogen-bond acceptors (Lipinski definition) is 4. The van der Waals surface area contributed by atoms with Crippen molar-refractivity contribution in [3.05, 3.63) is 46.6 Å². The van der Waals surface area contributed by atoms with Crippen LogP contribution in [0.3, 0.4) is 0 Å². The Hall–Kier alpha value is -2.65. The smallest absolute Gasteiger partial charge is 0.318 e. The fourth-order valence-electron chi connectivity index (χ4n) is 1.96. The van der Waals surface area contributed by atoms with E-state index in [-0.39, 0.29) is 5.76 Å². The third-order valence-electron chi connectivity index (χ3n) is 2.87. The maximum atomic E-state index is 12.1. The number of terminal acetylenes is 1. The number of carbonyl (C=O) groups is 1. The molecule has 0 bridgehead atoms. The number of carbonyl (C=O) groups excluding carboxylic acids is 1. The quantitative estimate of drug-likeness (QED) is 0.682. The highest BCUT2D eigenvalue weighted by atomic mass is 32.1. The van der Waals surface area contributed by atoms with Crippen LogP contribution in [0.1, 0.15) is 16.2 Å². The molecular formula is C15H11N3O2S. The standard InChI is InChI=1S/C15H11N3O2S/c1-3-8-18-11-6-4-5-7-13(11)21-15(18)16-14(19)12-9-10(2)17-20-12/h1,4-7,9H,8H2,2H3. The first-order valence-electron chi connectivity index (χ1n) is 6.23. The summed E-state index contributed by atoms with van der Waals surface area (Å²) in [6.45, 7) is 2.10. The van der Waals surface area contributed by atoms with Gasteiger partial charge in [0.05, 0.1) is 22.5 Å². The van der Waals surface area contributed by atoms with Gasteiger partial charge in [0, 0.05) is 6.07 Å². The minimum Gasteiger partial charge on any atom is -0.351 e. The number of aryl methyl sites for hydroxylation is 1. The third-order valence-corrected chi connectivity index (χ3v) is 3.93. The van der Waals surface area contributed by atoms with Crippen LogP contribution >= 0.6 is 11.3 Å². The van der Waals surface area contributed by atoms with Gasteiger partial charge >= 0.3 is 5.91 Å². The van der Waals surface area contributed by atoms with Crippen LogP contribution in [0.5, 0.6) is 0 Å². The van der Waals surface area contributed by atoms with E-state index in [9.17, 15) is 4.79 Å². The number of hydrogen-bond donors (Lipinski definition) is 0. The zero-order valence-corrected chi connectivity index (χ0v) is 12.1. The average molecular weight is 297 g/mol. The number of amides is 1. The lowest BCUT2D eigenvalue weighted by Crippen LogP contribution is -2.16. The van der Waals surface area contributed by atoms with E-state index >= 15 is 0 Å². The molecule has 104 valence electrons. The molecule has 5 nitrogen and oxygen atoms in total. The lowest BCUT2D eigenvalue weighted by Gasteiger charge is -1.98. The van der Waals surface area contributed by atoms with Crippen molar-refractivity contribution in [2.24, 2.45) is 4.99 Å². The van der Waals surface area contributed by atoms with E-state index in [0.717, 1.165) is 10.2 Å². The van der Waals surface area contributed by atoms with Crippen LogP contribution in [0.25, 0.3) is 10.2 Å². The third kappa shape index (κ3) is 2.51. The monoisotopic (exact) mass is 297 g/mol. The van der Waals surface area contributed by atoms with Crippen LogP contribution in [0.2, 0.25) is 0 Å². The molecule has 3 aromatic rings. The van der Waals surface area contributed by atoms with Crippen molar-refractivity contribution in [2.75, 3.05) is 0 Å². The summed E-state index contributed by atoms with van der Waals surface area (Å²) in [4.78, 5) is 16.8. The van der Waals surface area contributed by atoms with Crippen LogP contribution in [0.4, 0.5) is 0 Å². The van der Waals surface area contributed by atoms with Crippen LogP contribution in [-0.4, -0.2) is 15.6 Å². The highest BCUT2D eigenvalue weighted by Gasteiger charge is 2.12. The first-order chi connectivity index (χ1) is 10.2. The fraction of sp³-hybridized carbons (Fsp3) is 0.133. The summed E-state index contributed by atoms with van der Waals surface area (Å²) in [6, 6.07) is 9.34. The van der Waals surface area contributed by atoms with Crippen molar-refractivity contribution >= 4 is 27.5 Å². The molecule has 2 heterocycles. The van der Waals surface area contributed by atoms with Gasteiger partial charge in [-0.1, -0.05) is 34.5 Å². The van der Waals surface area contributed by atoms with Crippen LogP contribution < -0.4 is 4.80 Å². The number of nitrogens with zero attached hydrogens (tertiary/aromatic N) is 3. The number of rotatable bonds is 2. The molecule has 3 rings (SSSR count). The summed E-state index contributed by atoms with van der Waals surface area (Å²) >= 11 is 1.41. The first kappa shape index (κ1) is 13.3. The fourth-order valence-corrected chi connectivity index (χ4v) is 2.98. The van der Waals surface area contributed by atoms with Crippen molar-refractivity contribution in [1.29, 1.82) is 0 Å². The van der Waals surface area contributed by atoms with Gasteiger partial charge < -0.3 is 9.09 Å². The Labute approximate surface area is 124 Å². The summed E-state index contributed by atoms with van der Waals surface area (Å²) in [5.74, 6) is 2.24. The molecule has 0 unspecified atom stereocenters. The second kappa shape index (κ2) is 5.38. The molecule has 0 saturated heterocycles. The van der Waals surface area contributed by atoms with Gasteiger partial charge in [0.2, 0.25) is 5.76 Å². The van der Waals surface area contributed by atoms with Gasteiger partial charge in [-0.25, -0.2) is 0 Å². The Morgan fingerprint density at radius 1 is 1.52 bits per heavy atom. The Kier molecular flexibility index (Phi) is 3.42. The van der Waals surface area contributed by atoms with E-state index in [2.05, 4.69) is 16.1 Å². The molecule has 0 aliphatic rings. The molecule has 0 spiro atoms. The Balaban J connectivity index is 2.15. The molecule has 0 atom stereocenters. The molecule has 2 aromatic heterocycles. The molecule has 0 radical (unpaired) electrons. The molecule has 21 heavy (non-hydrogen) atoms. The summed E-state index contributed by atoms with van der Waals surface area (Å²) in [5, 5.41) is 3.69. The number of aromatic nitrogens is 2. The van der Waals surface area contributed by atoms with Gasteiger partial charge in [-0.15, -0.1) is 6.42 Å². The summed E-state index contributed by atoms with van der Waals surface area (Å²) in [5.41, 5.74) is 1.60. The maximum Gasteiger partial charge on any atom is 0.318 e. The summed E-state index contributed by atoms with van der Waals surface area (Å²) < 4.78 is 7.79. The topological polar surface area (TPSA) is 60.4 Å². The van der Waals surface area contributed by atoms with Crippen molar-refractivity contribution in [3.8, 4) is 12.3 Å². The van der Waals surface area contributed by atoms with Crippen LogP contribution in [0.15, 0.2) is 39.8 Å².